The molecule has 0 spiro atoms. The molecule has 0 aliphatic carbocycles. The number of anilines is 1. The smallest absolute Gasteiger partial charge is 0.258 e. The van der Waals surface area contributed by atoms with Gasteiger partial charge < -0.3 is 10.2 Å². The van der Waals surface area contributed by atoms with Crippen LogP contribution in [0.3, 0.4) is 0 Å². The van der Waals surface area contributed by atoms with Gasteiger partial charge in [-0.15, -0.1) is 0 Å². The lowest BCUT2D eigenvalue weighted by molar-refractivity contribution is 0.0950. The maximum absolute atomic E-state index is 12.8. The monoisotopic (exact) mass is 471 g/mol. The minimum absolute atomic E-state index is 0.124. The predicted octanol–water partition coefficient (Wildman–Crippen LogP) is 5.07. The fourth-order valence-corrected chi connectivity index (χ4v) is 3.55. The number of hydrogen-bond donors (Lipinski definition) is 2. The van der Waals surface area contributed by atoms with Gasteiger partial charge in [-0.2, -0.15) is 0 Å². The molecule has 2 N–H and O–H groups in total. The van der Waals surface area contributed by atoms with Crippen molar-refractivity contribution < 1.29 is 9.59 Å². The Kier molecular flexibility index (Phi) is 7.63. The lowest BCUT2D eigenvalue weighted by atomic mass is 10.1. The average Bonchev–Trinajstić information content (AvgIpc) is 2.77. The van der Waals surface area contributed by atoms with E-state index in [0.717, 1.165) is 5.56 Å². The molecule has 0 saturated carbocycles. The van der Waals surface area contributed by atoms with Gasteiger partial charge in [0.2, 0.25) is 0 Å². The minimum Gasteiger partial charge on any atom is -0.348 e. The van der Waals surface area contributed by atoms with Crippen LogP contribution in [0.1, 0.15) is 26.3 Å². The van der Waals surface area contributed by atoms with Crippen LogP contribution in [-0.2, 0) is 6.54 Å². The van der Waals surface area contributed by atoms with Crippen LogP contribution in [0.2, 0.25) is 10.0 Å². The third-order valence-electron chi connectivity index (χ3n) is 4.51. The molecule has 0 radical (unpaired) electrons. The van der Waals surface area contributed by atoms with Crippen LogP contribution in [-0.4, -0.2) is 24.0 Å². The Morgan fingerprint density at radius 3 is 2.29 bits per heavy atom. The summed E-state index contributed by atoms with van der Waals surface area (Å²) in [7, 11) is 1.68. The van der Waals surface area contributed by atoms with Crippen LogP contribution in [0.25, 0.3) is 0 Å². The highest BCUT2D eigenvalue weighted by Gasteiger charge is 2.19. The van der Waals surface area contributed by atoms with Gasteiger partial charge in [0.15, 0.2) is 5.11 Å². The van der Waals surface area contributed by atoms with Crippen molar-refractivity contribution in [1.82, 2.24) is 10.6 Å². The molecular formula is C23H19Cl2N3O2S. The summed E-state index contributed by atoms with van der Waals surface area (Å²) in [6.07, 6.45) is 0. The summed E-state index contributed by atoms with van der Waals surface area (Å²) in [5, 5.41) is 6.31. The largest absolute Gasteiger partial charge is 0.348 e. The van der Waals surface area contributed by atoms with E-state index in [1.165, 1.54) is 12.1 Å². The Bertz CT molecular complexity index is 1120. The normalized spacial score (nSPS) is 10.3. The molecule has 0 aromatic heterocycles. The Balaban J connectivity index is 1.72. The topological polar surface area (TPSA) is 61.4 Å². The van der Waals surface area contributed by atoms with Gasteiger partial charge >= 0.3 is 0 Å². The van der Waals surface area contributed by atoms with Crippen molar-refractivity contribution in [2.24, 2.45) is 0 Å². The molecule has 0 aliphatic heterocycles. The number of para-hydroxylation sites is 1. The van der Waals surface area contributed by atoms with Crippen molar-refractivity contribution in [1.29, 1.82) is 0 Å². The second-order valence-electron chi connectivity index (χ2n) is 6.63. The molecule has 3 rings (SSSR count). The van der Waals surface area contributed by atoms with Crippen LogP contribution in [0, 0.1) is 0 Å². The van der Waals surface area contributed by atoms with Crippen LogP contribution in [0.4, 0.5) is 5.69 Å². The highest BCUT2D eigenvalue weighted by molar-refractivity contribution is 7.80. The van der Waals surface area contributed by atoms with Gasteiger partial charge in [0, 0.05) is 18.6 Å². The van der Waals surface area contributed by atoms with Gasteiger partial charge in [0.25, 0.3) is 11.8 Å². The summed E-state index contributed by atoms with van der Waals surface area (Å²) < 4.78 is 0. The number of halogens is 2. The van der Waals surface area contributed by atoms with Crippen molar-refractivity contribution >= 4 is 58.0 Å². The van der Waals surface area contributed by atoms with Gasteiger partial charge in [-0.1, -0.05) is 65.7 Å². The summed E-state index contributed by atoms with van der Waals surface area (Å²) >= 11 is 17.4. The molecule has 0 aliphatic rings. The van der Waals surface area contributed by atoms with Crippen LogP contribution >= 0.6 is 35.4 Å². The van der Waals surface area contributed by atoms with E-state index < -0.39 is 5.91 Å². The second-order valence-corrected chi connectivity index (χ2v) is 7.86. The zero-order valence-electron chi connectivity index (χ0n) is 16.6. The molecule has 31 heavy (non-hydrogen) atoms. The molecule has 3 aromatic rings. The summed E-state index contributed by atoms with van der Waals surface area (Å²) in [5.74, 6) is -0.717. The molecule has 0 heterocycles. The number of nitrogens with one attached hydrogen (secondary N) is 2. The quantitative estimate of drug-likeness (QED) is 0.509. The van der Waals surface area contributed by atoms with Crippen LogP contribution in [0.5, 0.6) is 0 Å². The Labute approximate surface area is 196 Å². The number of nitrogens with zero attached hydrogens (tertiary/aromatic N) is 1. The van der Waals surface area contributed by atoms with Crippen molar-refractivity contribution in [2.45, 2.75) is 6.54 Å². The Hall–Kier alpha value is -2.93. The van der Waals surface area contributed by atoms with E-state index in [9.17, 15) is 9.59 Å². The maximum atomic E-state index is 12.8. The molecule has 3 aromatic carbocycles. The van der Waals surface area contributed by atoms with Crippen molar-refractivity contribution in [3.05, 3.63) is 99.5 Å². The first-order chi connectivity index (χ1) is 14.9. The highest BCUT2D eigenvalue weighted by Crippen LogP contribution is 2.22. The summed E-state index contributed by atoms with van der Waals surface area (Å²) in [6.45, 7) is 0.397. The molecular weight excluding hydrogens is 453 g/mol. The first-order valence-electron chi connectivity index (χ1n) is 9.32. The number of benzene rings is 3. The number of thiocarbonyl (C=S) groups is 1. The third kappa shape index (κ3) is 5.82. The van der Waals surface area contributed by atoms with E-state index in [0.29, 0.717) is 22.8 Å². The standard InChI is InChI=1S/C23H19Cl2N3O2S/c1-28(23(31)27-22(30)17-12-11-16(24)13-19(17)25)20-10-6-5-9-18(20)21(29)26-14-15-7-3-2-4-8-15/h2-13H,14H2,1H3,(H,26,29)(H,27,30,31). The molecule has 0 saturated heterocycles. The molecule has 5 nitrogen and oxygen atoms in total. The zero-order chi connectivity index (χ0) is 22.4. The van der Waals surface area contributed by atoms with Gasteiger partial charge in [-0.25, -0.2) is 0 Å². The second kappa shape index (κ2) is 10.4. The van der Waals surface area contributed by atoms with E-state index in [-0.39, 0.29) is 21.6 Å². The highest BCUT2D eigenvalue weighted by atomic mass is 35.5. The van der Waals surface area contributed by atoms with Gasteiger partial charge in [-0.05, 0) is 48.1 Å². The fourth-order valence-electron chi connectivity index (χ4n) is 2.86. The van der Waals surface area contributed by atoms with E-state index in [2.05, 4.69) is 10.6 Å². The van der Waals surface area contributed by atoms with Crippen LogP contribution in [0.15, 0.2) is 72.8 Å². The Morgan fingerprint density at radius 2 is 1.58 bits per heavy atom. The molecule has 8 heteroatoms. The summed E-state index contributed by atoms with van der Waals surface area (Å²) in [6, 6.07) is 21.2. The van der Waals surface area contributed by atoms with E-state index in [1.54, 1.807) is 42.3 Å². The van der Waals surface area contributed by atoms with Crippen LogP contribution < -0.4 is 15.5 Å². The van der Waals surface area contributed by atoms with Crippen molar-refractivity contribution in [3.8, 4) is 0 Å². The van der Waals surface area contributed by atoms with Gasteiger partial charge in [0.1, 0.15) is 0 Å². The molecule has 0 bridgehead atoms. The first kappa shape index (κ1) is 22.7. The molecule has 0 unspecified atom stereocenters. The fraction of sp³-hybridized carbons (Fsp3) is 0.0870. The first-order valence-corrected chi connectivity index (χ1v) is 10.5. The molecule has 2 amide bonds. The van der Waals surface area contributed by atoms with Crippen molar-refractivity contribution in [2.75, 3.05) is 11.9 Å². The van der Waals surface area contributed by atoms with E-state index in [1.807, 2.05) is 30.3 Å². The number of rotatable bonds is 5. The zero-order valence-corrected chi connectivity index (χ0v) is 18.9. The lowest BCUT2D eigenvalue weighted by Gasteiger charge is -2.23. The summed E-state index contributed by atoms with van der Waals surface area (Å²) in [4.78, 5) is 26.9. The Morgan fingerprint density at radius 1 is 0.903 bits per heavy atom. The number of carbonyl (C=O) groups is 2. The maximum Gasteiger partial charge on any atom is 0.258 e. The SMILES string of the molecule is CN(C(=S)NC(=O)c1ccc(Cl)cc1Cl)c1ccccc1C(=O)NCc1ccccc1. The number of amides is 2. The van der Waals surface area contributed by atoms with Gasteiger partial charge in [0.05, 0.1) is 21.8 Å². The minimum atomic E-state index is -0.468. The van der Waals surface area contributed by atoms with Crippen molar-refractivity contribution in [3.63, 3.8) is 0 Å². The van der Waals surface area contributed by atoms with E-state index in [4.69, 9.17) is 35.4 Å². The molecule has 0 fully saturated rings. The molecule has 0 atom stereocenters. The average molecular weight is 472 g/mol. The van der Waals surface area contributed by atoms with E-state index >= 15 is 0 Å². The lowest BCUT2D eigenvalue weighted by Crippen LogP contribution is -2.41. The predicted molar refractivity (Wildman–Crippen MR) is 129 cm³/mol. The summed E-state index contributed by atoms with van der Waals surface area (Å²) in [5.41, 5.74) is 2.22. The number of carbonyl (C=O) groups excluding carboxylic acids is 2. The molecule has 158 valence electrons. The number of hydrogen-bond acceptors (Lipinski definition) is 3. The van der Waals surface area contributed by atoms with Gasteiger partial charge in [-0.3, -0.25) is 14.9 Å². The third-order valence-corrected chi connectivity index (χ3v) is 5.43.